The number of likely N-dealkylation sites (tertiary alicyclic amines) is 1. The molecule has 6 nitrogen and oxygen atoms in total. The van der Waals surface area contributed by atoms with E-state index in [-0.39, 0.29) is 18.6 Å². The van der Waals surface area contributed by atoms with Crippen LogP contribution in [-0.2, 0) is 11.3 Å². The number of carbonyl (C=O) groups is 1. The highest BCUT2D eigenvalue weighted by Crippen LogP contribution is 2.19. The Bertz CT molecular complexity index is 666. The van der Waals surface area contributed by atoms with E-state index in [4.69, 9.17) is 4.74 Å². The van der Waals surface area contributed by atoms with E-state index in [1.165, 1.54) is 0 Å². The Morgan fingerprint density at radius 2 is 2.04 bits per heavy atom. The first kappa shape index (κ1) is 17.2. The van der Waals surface area contributed by atoms with Gasteiger partial charge in [0.1, 0.15) is 12.4 Å². The Kier molecular flexibility index (Phi) is 5.85. The molecule has 0 aliphatic carbocycles. The minimum atomic E-state index is -0.575. The maximum absolute atomic E-state index is 12.2. The van der Waals surface area contributed by atoms with Crippen LogP contribution in [0.1, 0.15) is 12.0 Å². The molecule has 2 unspecified atom stereocenters. The SMILES string of the molecule is O=C(OCc1ccccc1)N1CCC(CNc2ccccn2)C(O)C1. The van der Waals surface area contributed by atoms with Crippen molar-refractivity contribution in [1.29, 1.82) is 0 Å². The Labute approximate surface area is 147 Å². The van der Waals surface area contributed by atoms with Gasteiger partial charge < -0.3 is 20.1 Å². The fourth-order valence-electron chi connectivity index (χ4n) is 2.90. The lowest BCUT2D eigenvalue weighted by Crippen LogP contribution is -2.48. The molecule has 2 atom stereocenters. The lowest BCUT2D eigenvalue weighted by atomic mass is 9.94. The van der Waals surface area contributed by atoms with E-state index in [1.54, 1.807) is 11.1 Å². The molecule has 25 heavy (non-hydrogen) atoms. The maximum Gasteiger partial charge on any atom is 0.410 e. The number of ether oxygens (including phenoxy) is 1. The van der Waals surface area contributed by atoms with E-state index in [9.17, 15) is 9.90 Å². The van der Waals surface area contributed by atoms with Gasteiger partial charge in [-0.3, -0.25) is 0 Å². The molecule has 1 fully saturated rings. The molecule has 1 amide bonds. The van der Waals surface area contributed by atoms with E-state index in [1.807, 2.05) is 48.5 Å². The van der Waals surface area contributed by atoms with E-state index >= 15 is 0 Å². The van der Waals surface area contributed by atoms with Crippen molar-refractivity contribution in [3.63, 3.8) is 0 Å². The molecule has 0 bridgehead atoms. The van der Waals surface area contributed by atoms with Gasteiger partial charge in [0.2, 0.25) is 0 Å². The zero-order valence-electron chi connectivity index (χ0n) is 14.0. The van der Waals surface area contributed by atoms with Crippen LogP contribution in [0.3, 0.4) is 0 Å². The highest BCUT2D eigenvalue weighted by Gasteiger charge is 2.30. The number of anilines is 1. The van der Waals surface area contributed by atoms with Gasteiger partial charge >= 0.3 is 6.09 Å². The number of aliphatic hydroxyl groups is 1. The molecule has 132 valence electrons. The highest BCUT2D eigenvalue weighted by atomic mass is 16.6. The van der Waals surface area contributed by atoms with Crippen molar-refractivity contribution in [3.8, 4) is 0 Å². The molecule has 3 rings (SSSR count). The number of aliphatic hydroxyl groups excluding tert-OH is 1. The van der Waals surface area contributed by atoms with Gasteiger partial charge in [0.25, 0.3) is 0 Å². The Morgan fingerprint density at radius 1 is 1.24 bits per heavy atom. The fraction of sp³-hybridized carbons (Fsp3) is 0.368. The minimum Gasteiger partial charge on any atom is -0.445 e. The summed E-state index contributed by atoms with van der Waals surface area (Å²) in [6, 6.07) is 15.2. The monoisotopic (exact) mass is 341 g/mol. The summed E-state index contributed by atoms with van der Waals surface area (Å²) < 4.78 is 5.33. The van der Waals surface area contributed by atoms with Gasteiger partial charge in [0.15, 0.2) is 0 Å². The number of hydrogen-bond acceptors (Lipinski definition) is 5. The summed E-state index contributed by atoms with van der Waals surface area (Å²) in [6.07, 6.45) is 1.50. The Balaban J connectivity index is 1.43. The second-order valence-corrected chi connectivity index (χ2v) is 6.20. The van der Waals surface area contributed by atoms with Gasteiger partial charge in [0.05, 0.1) is 12.6 Å². The predicted molar refractivity (Wildman–Crippen MR) is 95.0 cm³/mol. The van der Waals surface area contributed by atoms with Crippen molar-refractivity contribution in [3.05, 3.63) is 60.3 Å². The quantitative estimate of drug-likeness (QED) is 0.874. The molecule has 1 saturated heterocycles. The summed E-state index contributed by atoms with van der Waals surface area (Å²) in [4.78, 5) is 18.0. The summed E-state index contributed by atoms with van der Waals surface area (Å²) >= 11 is 0. The molecule has 6 heteroatoms. The number of hydrogen-bond donors (Lipinski definition) is 2. The van der Waals surface area contributed by atoms with Crippen LogP contribution in [-0.4, -0.2) is 46.8 Å². The van der Waals surface area contributed by atoms with Crippen LogP contribution < -0.4 is 5.32 Å². The van der Waals surface area contributed by atoms with Crippen molar-refractivity contribution in [2.24, 2.45) is 5.92 Å². The van der Waals surface area contributed by atoms with E-state index in [2.05, 4.69) is 10.3 Å². The summed E-state index contributed by atoms with van der Waals surface area (Å²) in [5.41, 5.74) is 0.950. The number of carbonyl (C=O) groups excluding carboxylic acids is 1. The smallest absolute Gasteiger partial charge is 0.410 e. The number of pyridine rings is 1. The van der Waals surface area contributed by atoms with Crippen molar-refractivity contribution >= 4 is 11.9 Å². The van der Waals surface area contributed by atoms with Crippen LogP contribution in [0.4, 0.5) is 10.6 Å². The van der Waals surface area contributed by atoms with E-state index in [0.29, 0.717) is 19.6 Å². The summed E-state index contributed by atoms with van der Waals surface area (Å²) in [5.74, 6) is 0.875. The molecule has 1 aliphatic rings. The van der Waals surface area contributed by atoms with Gasteiger partial charge in [0, 0.05) is 25.2 Å². The first-order chi connectivity index (χ1) is 12.2. The third kappa shape index (κ3) is 4.93. The van der Waals surface area contributed by atoms with Crippen LogP contribution in [0.5, 0.6) is 0 Å². The third-order valence-corrected chi connectivity index (χ3v) is 4.40. The van der Waals surface area contributed by atoms with E-state index in [0.717, 1.165) is 17.8 Å². The first-order valence-corrected chi connectivity index (χ1v) is 8.51. The van der Waals surface area contributed by atoms with Crippen LogP contribution in [0.25, 0.3) is 0 Å². The normalized spacial score (nSPS) is 20.1. The van der Waals surface area contributed by atoms with Gasteiger partial charge in [-0.25, -0.2) is 9.78 Å². The fourth-order valence-corrected chi connectivity index (χ4v) is 2.90. The number of β-amino-alcohol motifs (C(OH)–C–C–N with tert-alkyl or cyclic N) is 1. The maximum atomic E-state index is 12.2. The second-order valence-electron chi connectivity index (χ2n) is 6.20. The molecule has 0 radical (unpaired) electrons. The van der Waals surface area contributed by atoms with Crippen LogP contribution in [0.2, 0.25) is 0 Å². The Hall–Kier alpha value is -2.60. The molecule has 1 aromatic carbocycles. The van der Waals surface area contributed by atoms with Crippen molar-refractivity contribution < 1.29 is 14.6 Å². The average molecular weight is 341 g/mol. The number of nitrogens with one attached hydrogen (secondary N) is 1. The number of nitrogens with zero attached hydrogens (tertiary/aromatic N) is 2. The molecule has 2 heterocycles. The molecule has 1 aromatic heterocycles. The van der Waals surface area contributed by atoms with Crippen LogP contribution in [0.15, 0.2) is 54.7 Å². The minimum absolute atomic E-state index is 0.0835. The standard InChI is InChI=1S/C19H23N3O3/c23-17-13-22(19(24)25-14-15-6-2-1-3-7-15)11-9-16(17)12-21-18-8-4-5-10-20-18/h1-8,10,16-17,23H,9,11-14H2,(H,20,21). The Morgan fingerprint density at radius 3 is 2.76 bits per heavy atom. The van der Waals surface area contributed by atoms with Gasteiger partial charge in [-0.15, -0.1) is 0 Å². The van der Waals surface area contributed by atoms with Crippen molar-refractivity contribution in [2.45, 2.75) is 19.1 Å². The molecule has 2 N–H and O–H groups in total. The van der Waals surface area contributed by atoms with Crippen LogP contribution in [0, 0.1) is 5.92 Å². The first-order valence-electron chi connectivity index (χ1n) is 8.51. The molecular formula is C19H23N3O3. The van der Waals surface area contributed by atoms with Gasteiger partial charge in [-0.1, -0.05) is 36.4 Å². The lowest BCUT2D eigenvalue weighted by molar-refractivity contribution is 0.0175. The highest BCUT2D eigenvalue weighted by molar-refractivity contribution is 5.67. The molecule has 0 saturated carbocycles. The molecular weight excluding hydrogens is 318 g/mol. The summed E-state index contributed by atoms with van der Waals surface area (Å²) in [7, 11) is 0. The lowest BCUT2D eigenvalue weighted by Gasteiger charge is -2.35. The van der Waals surface area contributed by atoms with Crippen LogP contribution >= 0.6 is 0 Å². The largest absolute Gasteiger partial charge is 0.445 e. The zero-order valence-corrected chi connectivity index (χ0v) is 14.0. The average Bonchev–Trinajstić information content (AvgIpc) is 2.66. The summed E-state index contributed by atoms with van der Waals surface area (Å²) in [5, 5.41) is 13.6. The number of amides is 1. The number of rotatable bonds is 5. The van der Waals surface area contributed by atoms with Gasteiger partial charge in [-0.05, 0) is 24.1 Å². The molecule has 1 aliphatic heterocycles. The molecule has 2 aromatic rings. The topological polar surface area (TPSA) is 74.7 Å². The third-order valence-electron chi connectivity index (χ3n) is 4.40. The zero-order chi connectivity index (χ0) is 17.5. The number of benzene rings is 1. The molecule has 0 spiro atoms. The van der Waals surface area contributed by atoms with E-state index < -0.39 is 6.10 Å². The van der Waals surface area contributed by atoms with Crippen molar-refractivity contribution in [1.82, 2.24) is 9.88 Å². The van der Waals surface area contributed by atoms with Gasteiger partial charge in [-0.2, -0.15) is 0 Å². The number of piperidine rings is 1. The van der Waals surface area contributed by atoms with Crippen molar-refractivity contribution in [2.75, 3.05) is 25.0 Å². The summed E-state index contributed by atoms with van der Waals surface area (Å²) in [6.45, 7) is 1.75. The predicted octanol–water partition coefficient (Wildman–Crippen LogP) is 2.51. The second kappa shape index (κ2) is 8.48. The number of aromatic nitrogens is 1.